The molecule has 0 amide bonds. The van der Waals surface area contributed by atoms with Crippen LogP contribution in [0.4, 0.5) is 0 Å². The highest BCUT2D eigenvalue weighted by atomic mass is 15.2. The maximum Gasteiger partial charge on any atom is 0.0120 e. The second kappa shape index (κ2) is 7.77. The Balaban J connectivity index is 1.79. The molecule has 3 nitrogen and oxygen atoms in total. The molecule has 20 heavy (non-hydrogen) atoms. The van der Waals surface area contributed by atoms with E-state index in [-0.39, 0.29) is 0 Å². The lowest BCUT2D eigenvalue weighted by Gasteiger charge is -2.45. The first kappa shape index (κ1) is 16.3. The summed E-state index contributed by atoms with van der Waals surface area (Å²) in [5.41, 5.74) is 0. The Kier molecular flexibility index (Phi) is 6.31. The van der Waals surface area contributed by atoms with Crippen molar-refractivity contribution >= 4 is 0 Å². The largest absolute Gasteiger partial charge is 0.314 e. The van der Waals surface area contributed by atoms with E-state index in [1.807, 2.05) is 0 Å². The van der Waals surface area contributed by atoms with Crippen LogP contribution in [0.25, 0.3) is 0 Å². The van der Waals surface area contributed by atoms with Crippen molar-refractivity contribution in [3.8, 4) is 0 Å². The molecule has 2 aliphatic heterocycles. The SMILES string of the molecule is CCCNC1CCN(CC2CCN(C)CC2)C(C)C1C. The van der Waals surface area contributed by atoms with Gasteiger partial charge in [-0.1, -0.05) is 13.8 Å². The Bertz CT molecular complexity index is 273. The maximum absolute atomic E-state index is 3.75. The fourth-order valence-corrected chi connectivity index (χ4v) is 3.89. The number of nitrogens with zero attached hydrogens (tertiary/aromatic N) is 2. The number of hydrogen-bond donors (Lipinski definition) is 1. The molecule has 3 atom stereocenters. The average molecular weight is 281 g/mol. The number of piperidine rings is 2. The van der Waals surface area contributed by atoms with E-state index in [1.54, 1.807) is 0 Å². The van der Waals surface area contributed by atoms with E-state index in [2.05, 4.69) is 42.9 Å². The number of likely N-dealkylation sites (tertiary alicyclic amines) is 2. The quantitative estimate of drug-likeness (QED) is 0.835. The van der Waals surface area contributed by atoms with Crippen LogP contribution in [0.1, 0.15) is 46.5 Å². The zero-order valence-electron chi connectivity index (χ0n) is 14.1. The zero-order valence-corrected chi connectivity index (χ0v) is 14.1. The monoisotopic (exact) mass is 281 g/mol. The van der Waals surface area contributed by atoms with Gasteiger partial charge in [0.25, 0.3) is 0 Å². The Morgan fingerprint density at radius 1 is 1.05 bits per heavy atom. The predicted molar refractivity (Wildman–Crippen MR) is 87.1 cm³/mol. The molecular weight excluding hydrogens is 246 g/mol. The number of nitrogens with one attached hydrogen (secondary N) is 1. The summed E-state index contributed by atoms with van der Waals surface area (Å²) in [4.78, 5) is 5.24. The van der Waals surface area contributed by atoms with Crippen molar-refractivity contribution in [1.29, 1.82) is 0 Å². The maximum atomic E-state index is 3.75. The van der Waals surface area contributed by atoms with Gasteiger partial charge in [0.1, 0.15) is 0 Å². The first-order valence-corrected chi connectivity index (χ1v) is 8.77. The van der Waals surface area contributed by atoms with Crippen LogP contribution in [0.5, 0.6) is 0 Å². The van der Waals surface area contributed by atoms with Gasteiger partial charge in [-0.2, -0.15) is 0 Å². The first-order valence-electron chi connectivity index (χ1n) is 8.77. The summed E-state index contributed by atoms with van der Waals surface area (Å²) in [5, 5.41) is 3.75. The Morgan fingerprint density at radius 3 is 2.40 bits per heavy atom. The molecule has 3 heteroatoms. The van der Waals surface area contributed by atoms with Gasteiger partial charge in [0.05, 0.1) is 0 Å². The molecule has 0 radical (unpaired) electrons. The minimum absolute atomic E-state index is 0.734. The van der Waals surface area contributed by atoms with E-state index in [4.69, 9.17) is 0 Å². The van der Waals surface area contributed by atoms with Crippen LogP contribution in [0.2, 0.25) is 0 Å². The van der Waals surface area contributed by atoms with Crippen molar-refractivity contribution in [2.45, 2.75) is 58.5 Å². The third-order valence-corrected chi connectivity index (χ3v) is 5.69. The van der Waals surface area contributed by atoms with Crippen LogP contribution in [-0.4, -0.2) is 61.7 Å². The third-order valence-electron chi connectivity index (χ3n) is 5.69. The van der Waals surface area contributed by atoms with Gasteiger partial charge in [0.15, 0.2) is 0 Å². The molecule has 0 spiro atoms. The van der Waals surface area contributed by atoms with E-state index >= 15 is 0 Å². The molecule has 0 bridgehead atoms. The summed E-state index contributed by atoms with van der Waals surface area (Å²) in [7, 11) is 2.26. The van der Waals surface area contributed by atoms with Crippen LogP contribution in [0, 0.1) is 11.8 Å². The third kappa shape index (κ3) is 4.19. The molecule has 0 aromatic carbocycles. The highest BCUT2D eigenvalue weighted by Gasteiger charge is 2.33. The van der Waals surface area contributed by atoms with Gasteiger partial charge < -0.3 is 15.1 Å². The van der Waals surface area contributed by atoms with Gasteiger partial charge in [-0.25, -0.2) is 0 Å². The van der Waals surface area contributed by atoms with E-state index in [0.717, 1.165) is 23.9 Å². The number of rotatable bonds is 5. The van der Waals surface area contributed by atoms with Gasteiger partial charge in [-0.3, -0.25) is 0 Å². The number of hydrogen-bond acceptors (Lipinski definition) is 3. The standard InChI is InChI=1S/C17H35N3/c1-5-9-18-17-8-12-20(15(3)14(17)2)13-16-6-10-19(4)11-7-16/h14-18H,5-13H2,1-4H3. The van der Waals surface area contributed by atoms with Crippen LogP contribution < -0.4 is 5.32 Å². The summed E-state index contributed by atoms with van der Waals surface area (Å²) in [6, 6.07) is 1.47. The lowest BCUT2D eigenvalue weighted by molar-refractivity contribution is 0.0581. The molecule has 2 heterocycles. The lowest BCUT2D eigenvalue weighted by atomic mass is 9.85. The Labute approximate surface area is 126 Å². The van der Waals surface area contributed by atoms with Crippen molar-refractivity contribution < 1.29 is 0 Å². The molecule has 2 aliphatic rings. The van der Waals surface area contributed by atoms with Crippen molar-refractivity contribution in [1.82, 2.24) is 15.1 Å². The lowest BCUT2D eigenvalue weighted by Crippen LogP contribution is -2.54. The van der Waals surface area contributed by atoms with Crippen molar-refractivity contribution in [3.63, 3.8) is 0 Å². The molecule has 1 N–H and O–H groups in total. The fraction of sp³-hybridized carbons (Fsp3) is 1.00. The Hall–Kier alpha value is -0.120. The van der Waals surface area contributed by atoms with Crippen LogP contribution in [-0.2, 0) is 0 Å². The van der Waals surface area contributed by atoms with E-state index in [9.17, 15) is 0 Å². The second-order valence-electron chi connectivity index (χ2n) is 7.19. The fourth-order valence-electron chi connectivity index (χ4n) is 3.89. The zero-order chi connectivity index (χ0) is 14.5. The van der Waals surface area contributed by atoms with Crippen molar-refractivity contribution in [3.05, 3.63) is 0 Å². The highest BCUT2D eigenvalue weighted by molar-refractivity contribution is 4.89. The summed E-state index contributed by atoms with van der Waals surface area (Å²) >= 11 is 0. The summed E-state index contributed by atoms with van der Waals surface area (Å²) in [6.45, 7) is 13.5. The molecule has 0 aromatic rings. The smallest absolute Gasteiger partial charge is 0.0120 e. The topological polar surface area (TPSA) is 18.5 Å². The second-order valence-corrected chi connectivity index (χ2v) is 7.19. The van der Waals surface area contributed by atoms with E-state index < -0.39 is 0 Å². The minimum atomic E-state index is 0.734. The van der Waals surface area contributed by atoms with Gasteiger partial charge in [0, 0.05) is 18.6 Å². The van der Waals surface area contributed by atoms with Gasteiger partial charge >= 0.3 is 0 Å². The van der Waals surface area contributed by atoms with Gasteiger partial charge in [0.2, 0.25) is 0 Å². The molecule has 0 saturated carbocycles. The predicted octanol–water partition coefficient (Wildman–Crippen LogP) is 2.43. The van der Waals surface area contributed by atoms with Crippen molar-refractivity contribution in [2.75, 3.05) is 39.8 Å². The van der Waals surface area contributed by atoms with E-state index in [1.165, 1.54) is 58.4 Å². The molecule has 2 rings (SSSR count). The molecule has 0 aromatic heterocycles. The van der Waals surface area contributed by atoms with Crippen LogP contribution in [0.15, 0.2) is 0 Å². The first-order chi connectivity index (χ1) is 9.61. The summed E-state index contributed by atoms with van der Waals surface area (Å²) in [5.74, 6) is 1.71. The molecule has 118 valence electrons. The van der Waals surface area contributed by atoms with Crippen LogP contribution in [0.3, 0.4) is 0 Å². The van der Waals surface area contributed by atoms with Gasteiger partial charge in [-0.05, 0) is 77.7 Å². The molecule has 2 saturated heterocycles. The summed E-state index contributed by atoms with van der Waals surface area (Å²) in [6.07, 6.45) is 5.37. The van der Waals surface area contributed by atoms with Crippen molar-refractivity contribution in [2.24, 2.45) is 11.8 Å². The van der Waals surface area contributed by atoms with Crippen LogP contribution >= 0.6 is 0 Å². The van der Waals surface area contributed by atoms with E-state index in [0.29, 0.717) is 0 Å². The Morgan fingerprint density at radius 2 is 1.75 bits per heavy atom. The summed E-state index contributed by atoms with van der Waals surface area (Å²) < 4.78 is 0. The molecule has 2 fully saturated rings. The minimum Gasteiger partial charge on any atom is -0.314 e. The molecule has 0 aliphatic carbocycles. The van der Waals surface area contributed by atoms with Gasteiger partial charge in [-0.15, -0.1) is 0 Å². The normalized spacial score (nSPS) is 34.5. The molecular formula is C17H35N3. The molecule has 3 unspecified atom stereocenters. The highest BCUT2D eigenvalue weighted by Crippen LogP contribution is 2.26. The average Bonchev–Trinajstić information content (AvgIpc) is 2.45.